The number of nitrogens with zero attached hydrogens (tertiary/aromatic N) is 3. The van der Waals surface area contributed by atoms with E-state index in [-0.39, 0.29) is 12.3 Å². The molecule has 2 N–H and O–H groups in total. The molecule has 0 saturated heterocycles. The molecule has 0 spiro atoms. The van der Waals surface area contributed by atoms with Crippen molar-refractivity contribution in [3.8, 4) is 5.75 Å². The molecule has 0 aliphatic rings. The van der Waals surface area contributed by atoms with E-state index in [1.807, 2.05) is 32.5 Å². The topological polar surface area (TPSA) is 63.5 Å². The molecule has 8 heteroatoms. The van der Waals surface area contributed by atoms with Gasteiger partial charge < -0.3 is 15.4 Å². The van der Waals surface area contributed by atoms with Crippen LogP contribution in [0.3, 0.4) is 0 Å². The van der Waals surface area contributed by atoms with Crippen molar-refractivity contribution in [2.75, 3.05) is 6.54 Å². The molecular weight excluding hydrogens is 340 g/mol. The number of ether oxygens (including phenoxy) is 1. The summed E-state index contributed by atoms with van der Waals surface area (Å²) in [5.41, 5.74) is 3.75. The van der Waals surface area contributed by atoms with Crippen molar-refractivity contribution in [2.45, 2.75) is 40.5 Å². The molecular formula is C18H25F2N5O. The minimum Gasteiger partial charge on any atom is -0.434 e. The van der Waals surface area contributed by atoms with E-state index in [1.165, 1.54) is 6.07 Å². The lowest BCUT2D eigenvalue weighted by atomic mass is 10.2. The highest BCUT2D eigenvalue weighted by molar-refractivity contribution is 5.79. The van der Waals surface area contributed by atoms with Gasteiger partial charge in [-0.05, 0) is 26.8 Å². The van der Waals surface area contributed by atoms with Gasteiger partial charge in [-0.15, -0.1) is 0 Å². The third kappa shape index (κ3) is 5.18. The standard InChI is InChI=1S/C18H25F2N5O/c1-5-21-18(23-11-15-12(2)24-25(4)13(15)3)22-10-14-8-6-7-9-16(14)26-17(19)20/h6-9,17H,5,10-11H2,1-4H3,(H2,21,22,23). The zero-order chi connectivity index (χ0) is 19.1. The molecule has 0 amide bonds. The first kappa shape index (κ1) is 19.7. The van der Waals surface area contributed by atoms with Gasteiger partial charge in [0.15, 0.2) is 5.96 Å². The first-order valence-electron chi connectivity index (χ1n) is 8.46. The van der Waals surface area contributed by atoms with Crippen LogP contribution >= 0.6 is 0 Å². The number of guanidine groups is 1. The third-order valence-electron chi connectivity index (χ3n) is 4.03. The number of aryl methyl sites for hydroxylation is 2. The first-order chi connectivity index (χ1) is 12.4. The number of rotatable bonds is 7. The van der Waals surface area contributed by atoms with Crippen molar-refractivity contribution in [3.05, 3.63) is 46.8 Å². The summed E-state index contributed by atoms with van der Waals surface area (Å²) in [6.45, 7) is 4.57. The third-order valence-corrected chi connectivity index (χ3v) is 4.03. The van der Waals surface area contributed by atoms with Crippen LogP contribution in [0.5, 0.6) is 5.75 Å². The highest BCUT2D eigenvalue weighted by atomic mass is 19.3. The number of hydrogen-bond donors (Lipinski definition) is 2. The summed E-state index contributed by atoms with van der Waals surface area (Å²) >= 11 is 0. The maximum atomic E-state index is 12.5. The quantitative estimate of drug-likeness (QED) is 0.585. The molecule has 1 heterocycles. The Kier molecular flexibility index (Phi) is 6.94. The molecule has 6 nitrogen and oxygen atoms in total. The molecule has 0 radical (unpaired) electrons. The SMILES string of the molecule is CCNC(=NCc1ccccc1OC(F)F)NCc1c(C)nn(C)c1C. The van der Waals surface area contributed by atoms with Crippen LogP contribution in [0.15, 0.2) is 29.3 Å². The van der Waals surface area contributed by atoms with E-state index in [2.05, 4.69) is 25.5 Å². The van der Waals surface area contributed by atoms with E-state index in [0.717, 1.165) is 17.0 Å². The van der Waals surface area contributed by atoms with Crippen molar-refractivity contribution in [1.82, 2.24) is 20.4 Å². The molecule has 0 saturated carbocycles. The summed E-state index contributed by atoms with van der Waals surface area (Å²) in [4.78, 5) is 4.48. The molecule has 26 heavy (non-hydrogen) atoms. The van der Waals surface area contributed by atoms with Crippen molar-refractivity contribution in [3.63, 3.8) is 0 Å². The summed E-state index contributed by atoms with van der Waals surface area (Å²) in [6, 6.07) is 6.66. The molecule has 0 aliphatic carbocycles. The largest absolute Gasteiger partial charge is 0.434 e. The second kappa shape index (κ2) is 9.17. The fraction of sp³-hybridized carbons (Fsp3) is 0.444. The number of para-hydroxylation sites is 1. The van der Waals surface area contributed by atoms with Gasteiger partial charge in [0.05, 0.1) is 12.2 Å². The number of nitrogens with one attached hydrogen (secondary N) is 2. The lowest BCUT2D eigenvalue weighted by Gasteiger charge is -2.13. The zero-order valence-electron chi connectivity index (χ0n) is 15.5. The van der Waals surface area contributed by atoms with Gasteiger partial charge in [-0.1, -0.05) is 18.2 Å². The van der Waals surface area contributed by atoms with Crippen LogP contribution in [0, 0.1) is 13.8 Å². The fourth-order valence-electron chi connectivity index (χ4n) is 2.60. The monoisotopic (exact) mass is 365 g/mol. The molecule has 2 rings (SSSR count). The summed E-state index contributed by atoms with van der Waals surface area (Å²) in [5.74, 6) is 0.739. The van der Waals surface area contributed by atoms with E-state index in [0.29, 0.717) is 24.6 Å². The van der Waals surface area contributed by atoms with E-state index >= 15 is 0 Å². The number of alkyl halides is 2. The van der Waals surface area contributed by atoms with E-state index < -0.39 is 6.61 Å². The first-order valence-corrected chi connectivity index (χ1v) is 8.46. The van der Waals surface area contributed by atoms with Crippen LogP contribution in [0.25, 0.3) is 0 Å². The minimum atomic E-state index is -2.86. The van der Waals surface area contributed by atoms with Crippen LogP contribution in [0.4, 0.5) is 8.78 Å². The van der Waals surface area contributed by atoms with Gasteiger partial charge in [0.1, 0.15) is 5.75 Å². The van der Waals surface area contributed by atoms with Crippen LogP contribution in [0.1, 0.15) is 29.4 Å². The zero-order valence-corrected chi connectivity index (χ0v) is 15.5. The molecule has 142 valence electrons. The van der Waals surface area contributed by atoms with Gasteiger partial charge in [-0.3, -0.25) is 4.68 Å². The highest BCUT2D eigenvalue weighted by Crippen LogP contribution is 2.21. The molecule has 0 bridgehead atoms. The molecule has 0 atom stereocenters. The Balaban J connectivity index is 2.09. The average molecular weight is 365 g/mol. The Morgan fingerprint density at radius 1 is 1.27 bits per heavy atom. The van der Waals surface area contributed by atoms with Crippen LogP contribution < -0.4 is 15.4 Å². The smallest absolute Gasteiger partial charge is 0.387 e. The summed E-state index contributed by atoms with van der Waals surface area (Å²) in [6.07, 6.45) is 0. The Labute approximate surface area is 152 Å². The second-order valence-corrected chi connectivity index (χ2v) is 5.81. The lowest BCUT2D eigenvalue weighted by molar-refractivity contribution is -0.0504. The maximum absolute atomic E-state index is 12.5. The van der Waals surface area contributed by atoms with E-state index in [4.69, 9.17) is 0 Å². The number of hydrogen-bond acceptors (Lipinski definition) is 3. The van der Waals surface area contributed by atoms with Crippen molar-refractivity contribution >= 4 is 5.96 Å². The number of aliphatic imine (C=N–C) groups is 1. The average Bonchev–Trinajstić information content (AvgIpc) is 2.83. The maximum Gasteiger partial charge on any atom is 0.387 e. The van der Waals surface area contributed by atoms with Crippen molar-refractivity contribution in [2.24, 2.45) is 12.0 Å². The van der Waals surface area contributed by atoms with E-state index in [1.54, 1.807) is 18.2 Å². The number of benzene rings is 1. The molecule has 2 aromatic rings. The number of halogens is 2. The molecule has 0 unspecified atom stereocenters. The Morgan fingerprint density at radius 3 is 2.62 bits per heavy atom. The summed E-state index contributed by atoms with van der Waals surface area (Å²) in [7, 11) is 1.91. The van der Waals surface area contributed by atoms with E-state index in [9.17, 15) is 8.78 Å². The van der Waals surface area contributed by atoms with Crippen molar-refractivity contribution in [1.29, 1.82) is 0 Å². The Bertz CT molecular complexity index is 758. The Hall–Kier alpha value is -2.64. The summed E-state index contributed by atoms with van der Waals surface area (Å²) in [5, 5.41) is 10.8. The molecule has 0 aliphatic heterocycles. The van der Waals surface area contributed by atoms with Gasteiger partial charge in [-0.25, -0.2) is 4.99 Å². The second-order valence-electron chi connectivity index (χ2n) is 5.81. The fourth-order valence-corrected chi connectivity index (χ4v) is 2.60. The van der Waals surface area contributed by atoms with Gasteiger partial charge in [-0.2, -0.15) is 13.9 Å². The van der Waals surface area contributed by atoms with Gasteiger partial charge in [0, 0.05) is 37.0 Å². The van der Waals surface area contributed by atoms with Crippen LogP contribution in [0.2, 0.25) is 0 Å². The van der Waals surface area contributed by atoms with Crippen LogP contribution in [-0.2, 0) is 20.1 Å². The van der Waals surface area contributed by atoms with Crippen molar-refractivity contribution < 1.29 is 13.5 Å². The Morgan fingerprint density at radius 2 is 2.00 bits per heavy atom. The molecule has 1 aromatic carbocycles. The summed E-state index contributed by atoms with van der Waals surface area (Å²) < 4.78 is 31.4. The van der Waals surface area contributed by atoms with Gasteiger partial charge in [0.2, 0.25) is 0 Å². The number of aromatic nitrogens is 2. The highest BCUT2D eigenvalue weighted by Gasteiger charge is 2.11. The predicted octanol–water partition coefficient (Wildman–Crippen LogP) is 2.89. The van der Waals surface area contributed by atoms with Crippen LogP contribution in [-0.4, -0.2) is 28.9 Å². The minimum absolute atomic E-state index is 0.140. The molecule has 0 fully saturated rings. The van der Waals surface area contributed by atoms with Gasteiger partial charge >= 0.3 is 6.61 Å². The normalized spacial score (nSPS) is 11.7. The predicted molar refractivity (Wildman–Crippen MR) is 97.4 cm³/mol. The lowest BCUT2D eigenvalue weighted by Crippen LogP contribution is -2.37. The van der Waals surface area contributed by atoms with Gasteiger partial charge in [0.25, 0.3) is 0 Å². The molecule has 1 aromatic heterocycles.